The van der Waals surface area contributed by atoms with E-state index < -0.39 is 60.5 Å². The van der Waals surface area contributed by atoms with E-state index in [1.807, 2.05) is 33.8 Å². The summed E-state index contributed by atoms with van der Waals surface area (Å²) in [6.07, 6.45) is 5.66. The standard InChI is InChI=1S/C38H41N5O9.4Na/c1-7-20-16(3)24-12-26-18(5)22(9-10-31(44)41-30(37(49)50)15-33(47)48)35(42-26)23(11-32(45)46)36-34(38(51)52)19(6)27(43-36)14-29-21(8-2)17(4)25(40-29)13-28(20)39-24;;;;/h7,12-14,18,22,30,42,51-52H,1,8-11,15H2,2-6H3,(H,41,44)(H,45,46)(H,47,48)(H,49,50);;;;/q;4*+1/p-4/t18-,22-,30?;;;;/m0..../s1. The van der Waals surface area contributed by atoms with Gasteiger partial charge in [0, 0.05) is 71.2 Å². The van der Waals surface area contributed by atoms with Crippen molar-refractivity contribution in [1.82, 2.24) is 10.6 Å². The van der Waals surface area contributed by atoms with Gasteiger partial charge < -0.3 is 50.5 Å². The molecule has 1 saturated heterocycles. The molecule has 0 saturated carbocycles. The summed E-state index contributed by atoms with van der Waals surface area (Å²) in [6, 6.07) is -1.83. The van der Waals surface area contributed by atoms with Crippen LogP contribution < -0.4 is 149 Å². The second-order valence-electron chi connectivity index (χ2n) is 13.0. The van der Waals surface area contributed by atoms with E-state index in [0.717, 1.165) is 22.3 Å². The van der Waals surface area contributed by atoms with Crippen LogP contribution in [0.25, 0.3) is 0 Å². The molecule has 1 amide bonds. The number of hydrogen-bond acceptors (Lipinski definition) is 13. The average molecular weight is 800 g/mol. The number of carbonyl (C=O) groups excluding carboxylic acids is 4. The quantitative estimate of drug-likeness (QED) is 0.132. The molecule has 8 bridgehead atoms. The fraction of sp³-hybridized carbons (Fsp3) is 0.342. The molecule has 1 fully saturated rings. The van der Waals surface area contributed by atoms with Crippen molar-refractivity contribution in [2.24, 2.45) is 26.8 Å². The molecule has 0 spiro atoms. The Morgan fingerprint density at radius 2 is 1.52 bits per heavy atom. The van der Waals surface area contributed by atoms with Crippen LogP contribution in [0.3, 0.4) is 0 Å². The van der Waals surface area contributed by atoms with Gasteiger partial charge in [-0.15, -0.1) is 0 Å². The number of aliphatic hydroxyl groups excluding tert-OH is 1. The van der Waals surface area contributed by atoms with E-state index in [9.17, 15) is 44.7 Å². The van der Waals surface area contributed by atoms with Crippen molar-refractivity contribution in [3.8, 4) is 0 Å². The van der Waals surface area contributed by atoms with Gasteiger partial charge in [0.15, 0.2) is 0 Å². The second-order valence-corrected chi connectivity index (χ2v) is 13.0. The van der Waals surface area contributed by atoms with E-state index in [1.54, 1.807) is 25.2 Å². The van der Waals surface area contributed by atoms with Crippen molar-refractivity contribution in [3.05, 3.63) is 104 Å². The molecule has 5 aliphatic heterocycles. The van der Waals surface area contributed by atoms with Crippen molar-refractivity contribution in [2.75, 3.05) is 0 Å². The largest absolute Gasteiger partial charge is 1.00 e. The number of nitrogens with zero attached hydrogens (tertiary/aromatic N) is 3. The summed E-state index contributed by atoms with van der Waals surface area (Å²) in [5.74, 6) is -8.20. The Morgan fingerprint density at radius 1 is 0.893 bits per heavy atom. The van der Waals surface area contributed by atoms with Crippen LogP contribution in [-0.2, 0) is 19.2 Å². The van der Waals surface area contributed by atoms with Crippen molar-refractivity contribution in [1.29, 1.82) is 0 Å². The zero-order valence-corrected chi connectivity index (χ0v) is 41.3. The smallest absolute Gasteiger partial charge is 0.629 e. The fourth-order valence-corrected chi connectivity index (χ4v) is 7.09. The van der Waals surface area contributed by atoms with Gasteiger partial charge in [0.2, 0.25) is 5.91 Å². The van der Waals surface area contributed by atoms with Gasteiger partial charge in [0.25, 0.3) is 0 Å². The third-order valence-corrected chi connectivity index (χ3v) is 9.88. The van der Waals surface area contributed by atoms with E-state index in [1.165, 1.54) is 0 Å². The number of carboxylic acids is 3. The van der Waals surface area contributed by atoms with Gasteiger partial charge in [0.1, 0.15) is 0 Å². The molecule has 1 unspecified atom stereocenters. The zero-order valence-electron chi connectivity index (χ0n) is 33.3. The van der Waals surface area contributed by atoms with E-state index in [0.29, 0.717) is 46.2 Å². The molecule has 272 valence electrons. The Labute approximate surface area is 413 Å². The Kier molecular flexibility index (Phi) is 20.2. The van der Waals surface area contributed by atoms with Crippen LogP contribution >= 0.6 is 0 Å². The maximum absolute atomic E-state index is 13.0. The minimum absolute atomic E-state index is 0. The number of fused-ring (bicyclic) bond motifs is 5. The number of amides is 1. The molecule has 56 heavy (non-hydrogen) atoms. The van der Waals surface area contributed by atoms with Gasteiger partial charge in [-0.1, -0.05) is 26.5 Å². The zero-order chi connectivity index (χ0) is 38.2. The molecule has 0 aromatic heterocycles. The Bertz CT molecular complexity index is 2080. The molecule has 0 aliphatic carbocycles. The summed E-state index contributed by atoms with van der Waals surface area (Å²) >= 11 is 0. The number of rotatable bonds is 11. The van der Waals surface area contributed by atoms with Crippen molar-refractivity contribution in [3.63, 3.8) is 0 Å². The molecule has 5 aliphatic rings. The molecule has 14 nitrogen and oxygen atoms in total. The van der Waals surface area contributed by atoms with Crippen LogP contribution in [0.15, 0.2) is 119 Å². The molecule has 0 radical (unpaired) electrons. The monoisotopic (exact) mass is 799 g/mol. The van der Waals surface area contributed by atoms with Gasteiger partial charge in [-0.3, -0.25) is 4.79 Å². The molecular formula is C38H37N5Na4O9. The predicted molar refractivity (Wildman–Crippen MR) is 183 cm³/mol. The molecule has 5 heterocycles. The molecular weight excluding hydrogens is 762 g/mol. The number of aliphatic imine (C=N–C) groups is 3. The molecule has 18 heteroatoms. The summed E-state index contributed by atoms with van der Waals surface area (Å²) in [7, 11) is 0. The first kappa shape index (κ1) is 52.0. The van der Waals surface area contributed by atoms with Crippen molar-refractivity contribution in [2.45, 2.75) is 72.8 Å². The predicted octanol–water partition coefficient (Wildman–Crippen LogP) is -11.9. The van der Waals surface area contributed by atoms with Gasteiger partial charge in [-0.05, 0) is 74.1 Å². The Balaban J connectivity index is 0.00000392. The third kappa shape index (κ3) is 11.0. The number of carbonyl (C=O) groups is 4. The molecule has 0 aromatic carbocycles. The summed E-state index contributed by atoms with van der Waals surface area (Å²) in [5.41, 5.74) is 7.10. The van der Waals surface area contributed by atoms with E-state index in [-0.39, 0.29) is 154 Å². The Morgan fingerprint density at radius 3 is 2.07 bits per heavy atom. The number of aliphatic carboxylic acids is 3. The van der Waals surface area contributed by atoms with Crippen LogP contribution in [0.5, 0.6) is 0 Å². The number of hydrogen-bond donors (Lipinski definition) is 3. The minimum atomic E-state index is -1.83. The topological polar surface area (TPSA) is 242 Å². The molecule has 3 atom stereocenters. The maximum Gasteiger partial charge on any atom is 1.00 e. The maximum atomic E-state index is 13.0. The SMILES string of the molecule is C=CC1=C(C)C2=NC1=CC1=NC(=CC3=C(C)C(=C([O-])O)C(=N3)C(CC(=O)[O-])=C3NC(=C2)[C@@H](C)[C@@H]3CCC(=O)NC(CC(=O)[O-])C(=O)[O-])C(CC)=C1C.[Na+].[Na+].[Na+].[Na+]. The van der Waals surface area contributed by atoms with Gasteiger partial charge >= 0.3 is 118 Å². The van der Waals surface area contributed by atoms with E-state index >= 15 is 0 Å². The number of nitrogens with one attached hydrogen (secondary N) is 2. The second kappa shape index (κ2) is 21.8. The number of allylic oxidation sites excluding steroid dienone is 11. The van der Waals surface area contributed by atoms with E-state index in [4.69, 9.17) is 15.0 Å². The van der Waals surface area contributed by atoms with Gasteiger partial charge in [0.05, 0.1) is 52.2 Å². The molecule has 3 N–H and O–H groups in total. The van der Waals surface area contributed by atoms with Crippen LogP contribution in [0.4, 0.5) is 0 Å². The number of carboxylic acid groups (broad SMARTS) is 3. The number of aliphatic hydroxyl groups is 1. The van der Waals surface area contributed by atoms with Crippen molar-refractivity contribution < 1.29 is 163 Å². The van der Waals surface area contributed by atoms with Crippen LogP contribution in [0.1, 0.15) is 66.7 Å². The van der Waals surface area contributed by atoms with Crippen LogP contribution in [0, 0.1) is 11.8 Å². The minimum Gasteiger partial charge on any atom is -0.629 e. The van der Waals surface area contributed by atoms with Gasteiger partial charge in [-0.25, -0.2) is 15.0 Å². The summed E-state index contributed by atoms with van der Waals surface area (Å²) in [4.78, 5) is 62.3. The van der Waals surface area contributed by atoms with Crippen LogP contribution in [0.2, 0.25) is 0 Å². The van der Waals surface area contributed by atoms with E-state index in [2.05, 4.69) is 17.2 Å². The first-order valence-corrected chi connectivity index (χ1v) is 16.7. The summed E-state index contributed by atoms with van der Waals surface area (Å²) in [5, 5.41) is 63.6. The molecule has 5 rings (SSSR count). The van der Waals surface area contributed by atoms with Gasteiger partial charge in [-0.2, -0.15) is 0 Å². The third-order valence-electron chi connectivity index (χ3n) is 9.88. The first-order valence-electron chi connectivity index (χ1n) is 16.7. The fourth-order valence-electron chi connectivity index (χ4n) is 7.09. The van der Waals surface area contributed by atoms with Crippen LogP contribution in [-0.4, -0.2) is 52.1 Å². The average Bonchev–Trinajstić information content (AvgIpc) is 3.74. The summed E-state index contributed by atoms with van der Waals surface area (Å²) < 4.78 is 0. The Hall–Kier alpha value is -2.05. The molecule has 0 aromatic rings. The summed E-state index contributed by atoms with van der Waals surface area (Å²) in [6.45, 7) is 13.2. The first-order chi connectivity index (χ1) is 24.6. The normalized spacial score (nSPS) is 21.0. The van der Waals surface area contributed by atoms with Crippen molar-refractivity contribution >= 4 is 41.0 Å².